The number of carbonyl (C=O) groups is 2. The number of thiophene rings is 1. The molecule has 7 heteroatoms. The first kappa shape index (κ1) is 16.7. The first-order valence-corrected chi connectivity index (χ1v) is 8.48. The van der Waals surface area contributed by atoms with Crippen LogP contribution < -0.4 is 16.2 Å². The van der Waals surface area contributed by atoms with Gasteiger partial charge in [-0.15, -0.1) is 11.3 Å². The van der Waals surface area contributed by atoms with Gasteiger partial charge >= 0.3 is 6.03 Å². The maximum absolute atomic E-state index is 12.2. The van der Waals surface area contributed by atoms with Crippen LogP contribution in [0.4, 0.5) is 4.79 Å². The third kappa shape index (κ3) is 4.42. The molecule has 3 amide bonds. The zero-order chi connectivity index (χ0) is 17.5. The summed E-state index contributed by atoms with van der Waals surface area (Å²) in [4.78, 5) is 28.9. The van der Waals surface area contributed by atoms with E-state index in [0.717, 1.165) is 5.56 Å². The predicted molar refractivity (Wildman–Crippen MR) is 96.0 cm³/mol. The number of urea groups is 1. The number of nitrogens with zero attached hydrogens (tertiary/aromatic N) is 1. The van der Waals surface area contributed by atoms with Crippen molar-refractivity contribution in [2.24, 2.45) is 0 Å². The van der Waals surface area contributed by atoms with Gasteiger partial charge in [-0.05, 0) is 29.1 Å². The minimum atomic E-state index is -0.524. The van der Waals surface area contributed by atoms with Crippen LogP contribution in [0.3, 0.4) is 0 Å². The van der Waals surface area contributed by atoms with Gasteiger partial charge in [0, 0.05) is 6.20 Å². The van der Waals surface area contributed by atoms with Gasteiger partial charge in [0.15, 0.2) is 0 Å². The standard InChI is InChI=1S/C18H16N4O2S/c23-17(15-10-6-12-25-15)21-22-18(24)20-16(13-7-2-1-3-8-13)14-9-4-5-11-19-14/h1-12,16H,(H,21,23)(H2,20,22,24). The van der Waals surface area contributed by atoms with Crippen molar-refractivity contribution in [1.82, 2.24) is 21.2 Å². The summed E-state index contributed by atoms with van der Waals surface area (Å²) in [5.74, 6) is -0.362. The second-order valence-electron chi connectivity index (χ2n) is 5.13. The molecule has 6 nitrogen and oxygen atoms in total. The fraction of sp³-hybridized carbons (Fsp3) is 0.0556. The molecular weight excluding hydrogens is 336 g/mol. The van der Waals surface area contributed by atoms with Crippen molar-refractivity contribution < 1.29 is 9.59 Å². The number of hydrazine groups is 1. The molecule has 0 aliphatic carbocycles. The van der Waals surface area contributed by atoms with Crippen LogP contribution in [0, 0.1) is 0 Å². The Bertz CT molecular complexity index is 783. The minimum absolute atomic E-state index is 0.362. The lowest BCUT2D eigenvalue weighted by Gasteiger charge is -2.19. The highest BCUT2D eigenvalue weighted by Gasteiger charge is 2.18. The Labute approximate surface area is 148 Å². The number of benzene rings is 1. The second kappa shape index (κ2) is 8.07. The molecule has 1 aromatic carbocycles. The number of pyridine rings is 1. The highest BCUT2D eigenvalue weighted by atomic mass is 32.1. The van der Waals surface area contributed by atoms with E-state index < -0.39 is 12.1 Å². The summed E-state index contributed by atoms with van der Waals surface area (Å²) < 4.78 is 0. The van der Waals surface area contributed by atoms with Crippen molar-refractivity contribution in [3.8, 4) is 0 Å². The topological polar surface area (TPSA) is 83.1 Å². The van der Waals surface area contributed by atoms with Gasteiger partial charge in [-0.1, -0.05) is 42.5 Å². The summed E-state index contributed by atoms with van der Waals surface area (Å²) in [6.07, 6.45) is 1.67. The zero-order valence-electron chi connectivity index (χ0n) is 13.2. The molecule has 3 rings (SSSR count). The third-order valence-corrected chi connectivity index (χ3v) is 4.30. The molecule has 3 N–H and O–H groups in total. The fourth-order valence-electron chi connectivity index (χ4n) is 2.27. The van der Waals surface area contributed by atoms with Gasteiger partial charge in [0.2, 0.25) is 0 Å². The molecule has 25 heavy (non-hydrogen) atoms. The lowest BCUT2D eigenvalue weighted by atomic mass is 10.0. The maximum Gasteiger partial charge on any atom is 0.334 e. The lowest BCUT2D eigenvalue weighted by Crippen LogP contribution is -2.48. The van der Waals surface area contributed by atoms with E-state index in [0.29, 0.717) is 10.6 Å². The molecule has 0 aliphatic rings. The normalized spacial score (nSPS) is 11.4. The van der Waals surface area contributed by atoms with Crippen LogP contribution in [0.1, 0.15) is 27.0 Å². The van der Waals surface area contributed by atoms with Crippen molar-refractivity contribution in [3.63, 3.8) is 0 Å². The fourth-order valence-corrected chi connectivity index (χ4v) is 2.89. The summed E-state index contributed by atoms with van der Waals surface area (Å²) in [5.41, 5.74) is 6.34. The van der Waals surface area contributed by atoms with E-state index in [-0.39, 0.29) is 5.91 Å². The molecule has 2 aromatic heterocycles. The molecule has 0 aliphatic heterocycles. The van der Waals surface area contributed by atoms with Gasteiger partial charge in [-0.2, -0.15) is 0 Å². The van der Waals surface area contributed by atoms with Crippen molar-refractivity contribution in [2.45, 2.75) is 6.04 Å². The monoisotopic (exact) mass is 352 g/mol. The van der Waals surface area contributed by atoms with Crippen LogP contribution >= 0.6 is 11.3 Å². The van der Waals surface area contributed by atoms with Gasteiger partial charge in [0.05, 0.1) is 16.6 Å². The van der Waals surface area contributed by atoms with Crippen LogP contribution in [0.25, 0.3) is 0 Å². The summed E-state index contributed by atoms with van der Waals surface area (Å²) in [6, 6.07) is 17.5. The van der Waals surface area contributed by atoms with E-state index >= 15 is 0 Å². The van der Waals surface area contributed by atoms with Gasteiger partial charge in [0.25, 0.3) is 5.91 Å². The van der Waals surface area contributed by atoms with Crippen molar-refractivity contribution >= 4 is 23.3 Å². The Balaban J connectivity index is 1.68. The molecule has 3 aromatic rings. The van der Waals surface area contributed by atoms with E-state index in [9.17, 15) is 9.59 Å². The lowest BCUT2D eigenvalue weighted by molar-refractivity contribution is 0.0940. The average Bonchev–Trinajstić information content (AvgIpc) is 3.20. The highest BCUT2D eigenvalue weighted by Crippen LogP contribution is 2.19. The predicted octanol–water partition coefficient (Wildman–Crippen LogP) is 2.88. The molecule has 0 bridgehead atoms. The molecule has 1 atom stereocenters. The SMILES string of the molecule is O=C(NNC(=O)c1cccs1)NC(c1ccccc1)c1ccccn1. The Morgan fingerprint density at radius 3 is 2.40 bits per heavy atom. The second-order valence-corrected chi connectivity index (χ2v) is 6.08. The number of nitrogens with one attached hydrogen (secondary N) is 3. The molecule has 126 valence electrons. The molecule has 2 heterocycles. The van der Waals surface area contributed by atoms with Crippen LogP contribution in [-0.4, -0.2) is 16.9 Å². The number of hydrogen-bond acceptors (Lipinski definition) is 4. The highest BCUT2D eigenvalue weighted by molar-refractivity contribution is 7.12. The van der Waals surface area contributed by atoms with E-state index in [1.54, 1.807) is 23.7 Å². The van der Waals surface area contributed by atoms with Crippen LogP contribution in [-0.2, 0) is 0 Å². The maximum atomic E-state index is 12.2. The van der Waals surface area contributed by atoms with Gasteiger partial charge in [0.1, 0.15) is 0 Å². The number of rotatable bonds is 4. The first-order chi connectivity index (χ1) is 12.2. The smallest absolute Gasteiger partial charge is 0.324 e. The molecule has 0 saturated heterocycles. The van der Waals surface area contributed by atoms with Crippen molar-refractivity contribution in [3.05, 3.63) is 88.4 Å². The molecule has 0 saturated carbocycles. The number of carbonyl (C=O) groups excluding carboxylic acids is 2. The van der Waals surface area contributed by atoms with Crippen molar-refractivity contribution in [1.29, 1.82) is 0 Å². The first-order valence-electron chi connectivity index (χ1n) is 7.60. The Kier molecular flexibility index (Phi) is 5.38. The molecule has 0 radical (unpaired) electrons. The van der Waals surface area contributed by atoms with Crippen molar-refractivity contribution in [2.75, 3.05) is 0 Å². The van der Waals surface area contributed by atoms with E-state index in [1.165, 1.54) is 11.3 Å². The number of amides is 3. The number of hydrogen-bond donors (Lipinski definition) is 3. The average molecular weight is 352 g/mol. The van der Waals surface area contributed by atoms with Crippen LogP contribution in [0.5, 0.6) is 0 Å². The Hall–Kier alpha value is -3.19. The zero-order valence-corrected chi connectivity index (χ0v) is 14.0. The largest absolute Gasteiger partial charge is 0.334 e. The quantitative estimate of drug-likeness (QED) is 0.631. The van der Waals surface area contributed by atoms with Gasteiger partial charge in [-0.25, -0.2) is 10.2 Å². The summed E-state index contributed by atoms with van der Waals surface area (Å²) in [7, 11) is 0. The van der Waals surface area contributed by atoms with Gasteiger partial charge in [-0.3, -0.25) is 15.2 Å². The van der Waals surface area contributed by atoms with Gasteiger partial charge < -0.3 is 5.32 Å². The Morgan fingerprint density at radius 2 is 1.72 bits per heavy atom. The Morgan fingerprint density at radius 1 is 0.920 bits per heavy atom. The van der Waals surface area contributed by atoms with Crippen LogP contribution in [0.15, 0.2) is 72.2 Å². The summed E-state index contributed by atoms with van der Waals surface area (Å²) in [6.45, 7) is 0. The van der Waals surface area contributed by atoms with E-state index in [4.69, 9.17) is 0 Å². The molecular formula is C18H16N4O2S. The molecule has 0 spiro atoms. The number of aromatic nitrogens is 1. The summed E-state index contributed by atoms with van der Waals surface area (Å²) >= 11 is 1.30. The third-order valence-electron chi connectivity index (χ3n) is 3.43. The van der Waals surface area contributed by atoms with E-state index in [2.05, 4.69) is 21.2 Å². The summed E-state index contributed by atoms with van der Waals surface area (Å²) in [5, 5.41) is 4.62. The molecule has 0 fully saturated rings. The van der Waals surface area contributed by atoms with Crippen LogP contribution in [0.2, 0.25) is 0 Å². The molecule has 1 unspecified atom stereocenters. The minimum Gasteiger partial charge on any atom is -0.324 e. The van der Waals surface area contributed by atoms with E-state index in [1.807, 2.05) is 48.5 Å².